The Morgan fingerprint density at radius 1 is 1.06 bits per heavy atom. The molecule has 2 heteroatoms. The van der Waals surface area contributed by atoms with Gasteiger partial charge >= 0.3 is 0 Å². The van der Waals surface area contributed by atoms with E-state index in [2.05, 4.69) is 39.9 Å². The average Bonchev–Trinajstić information content (AvgIpc) is 2.22. The molecule has 0 aromatic carbocycles. The van der Waals surface area contributed by atoms with Crippen molar-refractivity contribution in [3.05, 3.63) is 0 Å². The molecule has 0 heterocycles. The van der Waals surface area contributed by atoms with Gasteiger partial charge in [0.15, 0.2) is 0 Å². The maximum atomic E-state index is 5.80. The molecule has 0 spiro atoms. The summed E-state index contributed by atoms with van der Waals surface area (Å²) < 4.78 is 5.80. The van der Waals surface area contributed by atoms with E-state index in [-0.39, 0.29) is 5.54 Å². The lowest BCUT2D eigenvalue weighted by Gasteiger charge is -2.20. The molecule has 1 N–H and O–H groups in total. The maximum Gasteiger partial charge on any atom is 0.0547 e. The zero-order valence-electron chi connectivity index (χ0n) is 12.6. The molecule has 1 atom stereocenters. The third-order valence-electron chi connectivity index (χ3n) is 2.84. The van der Waals surface area contributed by atoms with Crippen molar-refractivity contribution < 1.29 is 4.74 Å². The van der Waals surface area contributed by atoms with Crippen LogP contribution >= 0.6 is 0 Å². The van der Waals surface area contributed by atoms with Crippen LogP contribution in [-0.2, 0) is 4.74 Å². The second-order valence-electron chi connectivity index (χ2n) is 6.06. The Hall–Kier alpha value is -0.0800. The van der Waals surface area contributed by atoms with Gasteiger partial charge in [0.1, 0.15) is 0 Å². The second-order valence-corrected chi connectivity index (χ2v) is 6.06. The number of ether oxygens (including phenoxy) is 1. The zero-order chi connectivity index (χ0) is 13.1. The zero-order valence-corrected chi connectivity index (χ0v) is 12.6. The molecule has 0 aliphatic rings. The molecule has 0 aliphatic carbocycles. The molecule has 0 bridgehead atoms. The van der Waals surface area contributed by atoms with Gasteiger partial charge in [0.25, 0.3) is 0 Å². The Kier molecular flexibility index (Phi) is 9.85. The highest BCUT2D eigenvalue weighted by Gasteiger charge is 2.07. The van der Waals surface area contributed by atoms with Gasteiger partial charge in [-0.15, -0.1) is 0 Å². The van der Waals surface area contributed by atoms with Gasteiger partial charge in [-0.2, -0.15) is 0 Å². The minimum Gasteiger partial charge on any atom is -0.378 e. The van der Waals surface area contributed by atoms with E-state index in [0.717, 1.165) is 19.6 Å². The van der Waals surface area contributed by atoms with Crippen LogP contribution < -0.4 is 5.32 Å². The predicted molar refractivity (Wildman–Crippen MR) is 76.5 cm³/mol. The number of hydrogen-bond acceptors (Lipinski definition) is 2. The van der Waals surface area contributed by atoms with Crippen LogP contribution in [-0.4, -0.2) is 24.8 Å². The quantitative estimate of drug-likeness (QED) is 0.582. The van der Waals surface area contributed by atoms with E-state index in [1.54, 1.807) is 0 Å². The Morgan fingerprint density at radius 2 is 1.76 bits per heavy atom. The fraction of sp³-hybridized carbons (Fsp3) is 1.00. The molecule has 17 heavy (non-hydrogen) atoms. The number of rotatable bonds is 10. The normalized spacial score (nSPS) is 13.9. The van der Waals surface area contributed by atoms with Crippen LogP contribution in [0.3, 0.4) is 0 Å². The van der Waals surface area contributed by atoms with Gasteiger partial charge < -0.3 is 10.1 Å². The molecular weight excluding hydrogens is 210 g/mol. The molecule has 0 fully saturated rings. The molecule has 0 rings (SSSR count). The summed E-state index contributed by atoms with van der Waals surface area (Å²) in [6, 6.07) is 0. The minimum absolute atomic E-state index is 0.228. The van der Waals surface area contributed by atoms with Crippen molar-refractivity contribution >= 4 is 0 Å². The van der Waals surface area contributed by atoms with E-state index in [9.17, 15) is 0 Å². The highest BCUT2D eigenvalue weighted by molar-refractivity contribution is 4.69. The standard InChI is InChI=1S/C15H33NO/c1-6-7-8-9-11-14(2)17-13-10-12-16-15(3,4)5/h14,16H,6-13H2,1-5H3. The van der Waals surface area contributed by atoms with Gasteiger partial charge in [-0.1, -0.05) is 32.6 Å². The molecule has 1 unspecified atom stereocenters. The molecule has 0 saturated heterocycles. The van der Waals surface area contributed by atoms with Gasteiger partial charge in [-0.05, 0) is 47.1 Å². The van der Waals surface area contributed by atoms with Crippen molar-refractivity contribution in [1.29, 1.82) is 0 Å². The highest BCUT2D eigenvalue weighted by atomic mass is 16.5. The largest absolute Gasteiger partial charge is 0.378 e. The summed E-state index contributed by atoms with van der Waals surface area (Å²) in [5, 5.41) is 3.48. The van der Waals surface area contributed by atoms with Crippen molar-refractivity contribution in [2.75, 3.05) is 13.2 Å². The fourth-order valence-electron chi connectivity index (χ4n) is 1.76. The Labute approximate surface area is 109 Å². The molecule has 0 amide bonds. The van der Waals surface area contributed by atoms with E-state index in [4.69, 9.17) is 4.74 Å². The van der Waals surface area contributed by atoms with Crippen LogP contribution in [0.1, 0.15) is 73.1 Å². The number of nitrogens with one attached hydrogen (secondary N) is 1. The minimum atomic E-state index is 0.228. The molecule has 0 aliphatic heterocycles. The van der Waals surface area contributed by atoms with E-state index in [1.807, 2.05) is 0 Å². The van der Waals surface area contributed by atoms with Gasteiger partial charge in [0.05, 0.1) is 6.10 Å². The van der Waals surface area contributed by atoms with Crippen LogP contribution in [0.25, 0.3) is 0 Å². The number of hydrogen-bond donors (Lipinski definition) is 1. The summed E-state index contributed by atoms with van der Waals surface area (Å²) >= 11 is 0. The number of unbranched alkanes of at least 4 members (excludes halogenated alkanes) is 3. The Morgan fingerprint density at radius 3 is 2.35 bits per heavy atom. The summed E-state index contributed by atoms with van der Waals surface area (Å²) in [6.45, 7) is 13.0. The second kappa shape index (κ2) is 9.90. The van der Waals surface area contributed by atoms with E-state index >= 15 is 0 Å². The van der Waals surface area contributed by atoms with E-state index in [0.29, 0.717) is 6.10 Å². The molecule has 104 valence electrons. The first-order valence-corrected chi connectivity index (χ1v) is 7.32. The smallest absolute Gasteiger partial charge is 0.0547 e. The first-order valence-electron chi connectivity index (χ1n) is 7.32. The molecule has 0 saturated carbocycles. The summed E-state index contributed by atoms with van der Waals surface area (Å²) in [6.07, 6.45) is 8.10. The average molecular weight is 243 g/mol. The molecular formula is C15H33NO. The lowest BCUT2D eigenvalue weighted by atomic mass is 10.1. The Bertz CT molecular complexity index is 163. The topological polar surface area (TPSA) is 21.3 Å². The van der Waals surface area contributed by atoms with Crippen molar-refractivity contribution in [2.45, 2.75) is 84.8 Å². The first-order chi connectivity index (χ1) is 7.95. The van der Waals surface area contributed by atoms with E-state index in [1.165, 1.54) is 32.1 Å². The lowest BCUT2D eigenvalue weighted by molar-refractivity contribution is 0.0563. The van der Waals surface area contributed by atoms with Crippen molar-refractivity contribution in [3.8, 4) is 0 Å². The molecule has 2 nitrogen and oxygen atoms in total. The molecule has 0 radical (unpaired) electrons. The lowest BCUT2D eigenvalue weighted by Crippen LogP contribution is -2.36. The van der Waals surface area contributed by atoms with Gasteiger partial charge in [0.2, 0.25) is 0 Å². The molecule has 0 aromatic heterocycles. The van der Waals surface area contributed by atoms with Crippen LogP contribution in [0.15, 0.2) is 0 Å². The third kappa shape index (κ3) is 13.9. The highest BCUT2D eigenvalue weighted by Crippen LogP contribution is 2.08. The summed E-state index contributed by atoms with van der Waals surface area (Å²) in [4.78, 5) is 0. The fourth-order valence-corrected chi connectivity index (χ4v) is 1.76. The predicted octanol–water partition coefficient (Wildman–Crippen LogP) is 4.14. The van der Waals surface area contributed by atoms with Crippen LogP contribution in [0.4, 0.5) is 0 Å². The van der Waals surface area contributed by atoms with Gasteiger partial charge in [0, 0.05) is 12.1 Å². The van der Waals surface area contributed by atoms with Crippen molar-refractivity contribution in [1.82, 2.24) is 5.32 Å². The first kappa shape index (κ1) is 16.9. The van der Waals surface area contributed by atoms with Crippen molar-refractivity contribution in [2.24, 2.45) is 0 Å². The van der Waals surface area contributed by atoms with Crippen molar-refractivity contribution in [3.63, 3.8) is 0 Å². The molecule has 0 aromatic rings. The van der Waals surface area contributed by atoms with E-state index < -0.39 is 0 Å². The monoisotopic (exact) mass is 243 g/mol. The summed E-state index contributed by atoms with van der Waals surface area (Å²) in [7, 11) is 0. The Balaban J connectivity index is 3.24. The third-order valence-corrected chi connectivity index (χ3v) is 2.84. The SMILES string of the molecule is CCCCCCC(C)OCCCNC(C)(C)C. The van der Waals surface area contributed by atoms with Crippen LogP contribution in [0.2, 0.25) is 0 Å². The summed E-state index contributed by atoms with van der Waals surface area (Å²) in [5.41, 5.74) is 0.228. The van der Waals surface area contributed by atoms with Gasteiger partial charge in [-0.3, -0.25) is 0 Å². The maximum absolute atomic E-state index is 5.80. The van der Waals surface area contributed by atoms with Crippen LogP contribution in [0, 0.1) is 0 Å². The summed E-state index contributed by atoms with van der Waals surface area (Å²) in [5.74, 6) is 0. The van der Waals surface area contributed by atoms with Crippen LogP contribution in [0.5, 0.6) is 0 Å². The van der Waals surface area contributed by atoms with Gasteiger partial charge in [-0.25, -0.2) is 0 Å².